The van der Waals surface area contributed by atoms with Gasteiger partial charge in [-0.05, 0) is 30.9 Å². The minimum atomic E-state index is -1.23. The van der Waals surface area contributed by atoms with Gasteiger partial charge in [0, 0.05) is 46.5 Å². The molecule has 1 aromatic rings. The summed E-state index contributed by atoms with van der Waals surface area (Å²) in [6, 6.07) is 11.1. The molecule has 0 bridgehead atoms. The van der Waals surface area contributed by atoms with E-state index in [0.29, 0.717) is 32.5 Å². The van der Waals surface area contributed by atoms with Gasteiger partial charge in [-0.15, -0.1) is 6.58 Å². The summed E-state index contributed by atoms with van der Waals surface area (Å²) in [6.45, 7) is 16.2. The zero-order valence-electron chi connectivity index (χ0n) is 26.6. The van der Waals surface area contributed by atoms with E-state index in [4.69, 9.17) is 28.4 Å². The van der Waals surface area contributed by atoms with E-state index >= 15 is 0 Å². The Morgan fingerprint density at radius 1 is 1.19 bits per heavy atom. The minimum absolute atomic E-state index is 0.0135. The molecule has 2 fully saturated rings. The Morgan fingerprint density at radius 2 is 1.93 bits per heavy atom. The van der Waals surface area contributed by atoms with E-state index in [-0.39, 0.29) is 37.6 Å². The summed E-state index contributed by atoms with van der Waals surface area (Å²) in [4.78, 5) is 11.8. The van der Waals surface area contributed by atoms with E-state index < -0.39 is 31.3 Å². The molecule has 0 aromatic heterocycles. The van der Waals surface area contributed by atoms with Crippen LogP contribution in [0.2, 0.25) is 25.7 Å². The Kier molecular flexibility index (Phi) is 13.2. The van der Waals surface area contributed by atoms with Gasteiger partial charge in [0.05, 0.1) is 43.5 Å². The first-order chi connectivity index (χ1) is 19.9. The maximum absolute atomic E-state index is 11.8. The maximum Gasteiger partial charge on any atom is 0.305 e. The Labute approximate surface area is 254 Å². The number of aliphatic carboxylic acids is 1. The second-order valence-corrected chi connectivity index (χ2v) is 19.2. The molecule has 1 aromatic carbocycles. The van der Waals surface area contributed by atoms with E-state index in [1.807, 2.05) is 24.3 Å². The molecule has 0 saturated carbocycles. The van der Waals surface area contributed by atoms with Crippen LogP contribution in [0.1, 0.15) is 64.4 Å². The molecule has 2 saturated heterocycles. The molecule has 2 aliphatic rings. The summed E-state index contributed by atoms with van der Waals surface area (Å²) in [5.74, 6) is -1.92. The number of carboxylic acids is 1. The second kappa shape index (κ2) is 15.9. The Balaban J connectivity index is 1.79. The van der Waals surface area contributed by atoms with Crippen LogP contribution in [-0.2, 0) is 39.8 Å². The molecule has 2 heterocycles. The van der Waals surface area contributed by atoms with E-state index in [1.54, 1.807) is 7.11 Å². The first-order valence-electron chi connectivity index (χ1n) is 15.4. The van der Waals surface area contributed by atoms with Crippen LogP contribution in [0.5, 0.6) is 0 Å². The molecular weight excluding hydrogens is 552 g/mol. The number of ether oxygens (including phenoxy) is 6. The molecule has 3 rings (SSSR count). The Bertz CT molecular complexity index is 965. The average Bonchev–Trinajstić information content (AvgIpc) is 2.93. The van der Waals surface area contributed by atoms with Crippen LogP contribution in [0.3, 0.4) is 0 Å². The number of hydrogen-bond acceptors (Lipinski definition) is 7. The van der Waals surface area contributed by atoms with Crippen LogP contribution in [0.25, 0.3) is 0 Å². The van der Waals surface area contributed by atoms with Gasteiger partial charge in [-0.25, -0.2) is 0 Å². The number of hydrogen-bond donors (Lipinski definition) is 1. The molecule has 0 amide bonds. The van der Waals surface area contributed by atoms with Crippen LogP contribution in [0.15, 0.2) is 43.0 Å². The fourth-order valence-corrected chi connectivity index (χ4v) is 6.74. The lowest BCUT2D eigenvalue weighted by Crippen LogP contribution is -2.63. The SMILES string of the molecule is C=C[C@H]1CCC[C@@H](C[C@]2(OC)O[C@H](C[C@H](CC(=O)O)OCOCC[Si](C)(C)C)C[C@H](OCc3ccccc3)C2(C)C)O1. The van der Waals surface area contributed by atoms with E-state index in [2.05, 4.69) is 52.2 Å². The lowest BCUT2D eigenvalue weighted by molar-refractivity contribution is -0.363. The third kappa shape index (κ3) is 10.3. The highest BCUT2D eigenvalue weighted by Crippen LogP contribution is 2.50. The Hall–Kier alpha value is -1.59. The van der Waals surface area contributed by atoms with E-state index in [1.165, 1.54) is 0 Å². The summed E-state index contributed by atoms with van der Waals surface area (Å²) in [5, 5.41) is 9.65. The van der Waals surface area contributed by atoms with Crippen LogP contribution in [0, 0.1) is 5.41 Å². The summed E-state index contributed by atoms with van der Waals surface area (Å²) in [7, 11) is 0.451. The first kappa shape index (κ1) is 34.9. The van der Waals surface area contributed by atoms with Crippen molar-refractivity contribution in [3.63, 3.8) is 0 Å². The first-order valence-corrected chi connectivity index (χ1v) is 19.2. The van der Waals surface area contributed by atoms with Crippen LogP contribution >= 0.6 is 0 Å². The van der Waals surface area contributed by atoms with Crippen molar-refractivity contribution in [2.45, 2.75) is 127 Å². The third-order valence-electron chi connectivity index (χ3n) is 8.70. The van der Waals surface area contributed by atoms with Gasteiger partial charge in [0.2, 0.25) is 0 Å². The number of benzene rings is 1. The number of carbonyl (C=O) groups is 1. The topological polar surface area (TPSA) is 92.7 Å². The van der Waals surface area contributed by atoms with E-state index in [9.17, 15) is 9.90 Å². The van der Waals surface area contributed by atoms with Gasteiger partial charge in [-0.2, -0.15) is 0 Å². The highest BCUT2D eigenvalue weighted by molar-refractivity contribution is 6.76. The molecule has 9 heteroatoms. The van der Waals surface area contributed by atoms with Crippen molar-refractivity contribution < 1.29 is 38.3 Å². The summed E-state index contributed by atoms with van der Waals surface area (Å²) in [5.41, 5.74) is 0.562. The largest absolute Gasteiger partial charge is 0.481 e. The average molecular weight is 607 g/mol. The van der Waals surface area contributed by atoms with Crippen molar-refractivity contribution in [3.8, 4) is 0 Å². The van der Waals surface area contributed by atoms with Gasteiger partial charge in [0.25, 0.3) is 0 Å². The van der Waals surface area contributed by atoms with Crippen molar-refractivity contribution in [2.75, 3.05) is 20.5 Å². The quantitative estimate of drug-likeness (QED) is 0.0895. The van der Waals surface area contributed by atoms with Crippen molar-refractivity contribution in [1.82, 2.24) is 0 Å². The lowest BCUT2D eigenvalue weighted by atomic mass is 9.70. The summed E-state index contributed by atoms with van der Waals surface area (Å²) < 4.78 is 37.9. The molecule has 42 heavy (non-hydrogen) atoms. The molecule has 6 atom stereocenters. The molecule has 1 N–H and O–H groups in total. The molecule has 0 spiro atoms. The van der Waals surface area contributed by atoms with Gasteiger partial charge in [-0.3, -0.25) is 4.79 Å². The number of methoxy groups -OCH3 is 1. The highest BCUT2D eigenvalue weighted by atomic mass is 28.3. The maximum atomic E-state index is 11.8. The monoisotopic (exact) mass is 606 g/mol. The molecule has 2 aliphatic heterocycles. The molecule has 0 radical (unpaired) electrons. The molecule has 0 unspecified atom stereocenters. The van der Waals surface area contributed by atoms with Crippen molar-refractivity contribution in [1.29, 1.82) is 0 Å². The molecule has 238 valence electrons. The van der Waals surface area contributed by atoms with Crippen LogP contribution < -0.4 is 0 Å². The zero-order valence-corrected chi connectivity index (χ0v) is 27.6. The zero-order chi connectivity index (χ0) is 30.8. The van der Waals surface area contributed by atoms with Gasteiger partial charge in [0.15, 0.2) is 5.79 Å². The summed E-state index contributed by atoms with van der Waals surface area (Å²) in [6.07, 6.45) is 4.99. The van der Waals surface area contributed by atoms with Gasteiger partial charge in [-0.1, -0.05) is 69.9 Å². The number of rotatable bonds is 17. The molecule has 0 aliphatic carbocycles. The van der Waals surface area contributed by atoms with Crippen LogP contribution in [0.4, 0.5) is 0 Å². The van der Waals surface area contributed by atoms with E-state index in [0.717, 1.165) is 30.9 Å². The predicted molar refractivity (Wildman–Crippen MR) is 166 cm³/mol. The van der Waals surface area contributed by atoms with Crippen molar-refractivity contribution in [3.05, 3.63) is 48.6 Å². The predicted octanol–water partition coefficient (Wildman–Crippen LogP) is 6.81. The highest BCUT2D eigenvalue weighted by Gasteiger charge is 2.58. The fraction of sp³-hybridized carbons (Fsp3) is 0.727. The molecule has 8 nitrogen and oxygen atoms in total. The standard InChI is InChI=1S/C33H54O8Si/c1-8-26-15-12-16-27(40-26)22-33(36-4)32(2,3)30(38-23-25-13-10-9-11-14-25)20-29(41-33)19-28(21-31(34)35)39-24-37-17-18-42(5,6)7/h8-11,13-14,26-30H,1,12,15-24H2,2-7H3,(H,34,35)/t26-,27-,28+,29+,30-,33-/m0/s1. The van der Waals surface area contributed by atoms with Crippen molar-refractivity contribution in [2.24, 2.45) is 5.41 Å². The smallest absolute Gasteiger partial charge is 0.305 e. The number of carboxylic acid groups (broad SMARTS) is 1. The van der Waals surface area contributed by atoms with Crippen LogP contribution in [-0.4, -0.2) is 76.0 Å². The fourth-order valence-electron chi connectivity index (χ4n) is 5.98. The van der Waals surface area contributed by atoms with Gasteiger partial charge < -0.3 is 33.5 Å². The third-order valence-corrected chi connectivity index (χ3v) is 10.4. The van der Waals surface area contributed by atoms with Crippen molar-refractivity contribution >= 4 is 14.0 Å². The molecular formula is C33H54O8Si. The van der Waals surface area contributed by atoms with Gasteiger partial charge in [0.1, 0.15) is 6.79 Å². The second-order valence-electron chi connectivity index (χ2n) is 13.6. The summed E-state index contributed by atoms with van der Waals surface area (Å²) >= 11 is 0. The normalized spacial score (nSPS) is 28.7. The van der Waals surface area contributed by atoms with Gasteiger partial charge >= 0.3 is 5.97 Å². The lowest BCUT2D eigenvalue weighted by Gasteiger charge is -2.56. The Morgan fingerprint density at radius 3 is 2.57 bits per heavy atom. The minimum Gasteiger partial charge on any atom is -0.481 e.